The number of esters is 1. The van der Waals surface area contributed by atoms with Gasteiger partial charge in [-0.3, -0.25) is 14.4 Å². The smallest absolute Gasteiger partial charge is 0.303 e. The van der Waals surface area contributed by atoms with Crippen molar-refractivity contribution < 1.29 is 27.8 Å². The number of nitrogens with zero attached hydrogens (tertiary/aromatic N) is 1. The summed E-state index contributed by atoms with van der Waals surface area (Å²) in [5, 5.41) is 2.70. The number of halogens is 3. The van der Waals surface area contributed by atoms with Gasteiger partial charge in [-0.1, -0.05) is 12.1 Å². The largest absolute Gasteiger partial charge is 0.487 e. The zero-order valence-corrected chi connectivity index (χ0v) is 21.7. The van der Waals surface area contributed by atoms with Crippen LogP contribution in [0.4, 0.5) is 14.5 Å². The number of pyridine rings is 1. The molecule has 3 aromatic rings. The Morgan fingerprint density at radius 2 is 1.75 bits per heavy atom. The van der Waals surface area contributed by atoms with Crippen LogP contribution < -0.4 is 15.6 Å². The number of rotatable bonds is 8. The molecule has 190 valence electrons. The van der Waals surface area contributed by atoms with Crippen LogP contribution in [0.3, 0.4) is 0 Å². The van der Waals surface area contributed by atoms with Crippen molar-refractivity contribution >= 4 is 33.5 Å². The number of anilines is 1. The Balaban J connectivity index is 1.72. The van der Waals surface area contributed by atoms with Crippen LogP contribution in [0.15, 0.2) is 57.8 Å². The predicted molar refractivity (Wildman–Crippen MR) is 134 cm³/mol. The van der Waals surface area contributed by atoms with E-state index < -0.39 is 29.1 Å². The van der Waals surface area contributed by atoms with E-state index >= 15 is 0 Å². The molecular weight excluding hydrogens is 538 g/mol. The number of ether oxygens (including phenoxy) is 2. The van der Waals surface area contributed by atoms with Gasteiger partial charge in [-0.2, -0.15) is 0 Å². The molecule has 0 saturated carbocycles. The third-order valence-corrected chi connectivity index (χ3v) is 6.04. The summed E-state index contributed by atoms with van der Waals surface area (Å²) in [7, 11) is 0. The maximum Gasteiger partial charge on any atom is 0.303 e. The van der Waals surface area contributed by atoms with Gasteiger partial charge in [-0.25, -0.2) is 8.78 Å². The van der Waals surface area contributed by atoms with Crippen molar-refractivity contribution in [3.05, 3.63) is 91.8 Å². The fraction of sp³-hybridized carbons (Fsp3) is 0.269. The summed E-state index contributed by atoms with van der Waals surface area (Å²) < 4.78 is 39.4. The molecule has 0 bridgehead atoms. The third kappa shape index (κ3) is 6.57. The van der Waals surface area contributed by atoms with E-state index in [1.807, 2.05) is 0 Å². The Morgan fingerprint density at radius 1 is 1.08 bits per heavy atom. The topological polar surface area (TPSA) is 86.6 Å². The van der Waals surface area contributed by atoms with Crippen LogP contribution in [0.25, 0.3) is 0 Å². The second-order valence-corrected chi connectivity index (χ2v) is 9.43. The minimum atomic E-state index is -1.33. The van der Waals surface area contributed by atoms with E-state index in [-0.39, 0.29) is 34.5 Å². The first kappa shape index (κ1) is 27.1. The molecule has 0 aliphatic rings. The van der Waals surface area contributed by atoms with Crippen LogP contribution in [0.2, 0.25) is 0 Å². The summed E-state index contributed by atoms with van der Waals surface area (Å²) in [4.78, 5) is 36.5. The van der Waals surface area contributed by atoms with Gasteiger partial charge in [0.05, 0.1) is 6.54 Å². The summed E-state index contributed by atoms with van der Waals surface area (Å²) in [5.74, 6) is -2.21. The molecule has 36 heavy (non-hydrogen) atoms. The predicted octanol–water partition coefficient (Wildman–Crippen LogP) is 5.10. The van der Waals surface area contributed by atoms with Gasteiger partial charge < -0.3 is 19.4 Å². The highest BCUT2D eigenvalue weighted by Gasteiger charge is 2.31. The fourth-order valence-electron chi connectivity index (χ4n) is 3.37. The normalized spacial score (nSPS) is 11.2. The number of nitrogens with one attached hydrogen (secondary N) is 1. The average molecular weight is 563 g/mol. The van der Waals surface area contributed by atoms with E-state index in [4.69, 9.17) is 9.47 Å². The molecule has 0 unspecified atom stereocenters. The Labute approximate surface area is 215 Å². The summed E-state index contributed by atoms with van der Waals surface area (Å²) in [6, 6.07) is 11.7. The van der Waals surface area contributed by atoms with Gasteiger partial charge in [0.25, 0.3) is 11.5 Å². The second-order valence-electron chi connectivity index (χ2n) is 8.63. The van der Waals surface area contributed by atoms with Crippen LogP contribution >= 0.6 is 15.9 Å². The first-order valence-corrected chi connectivity index (χ1v) is 11.7. The van der Waals surface area contributed by atoms with E-state index in [0.717, 1.165) is 17.7 Å². The highest BCUT2D eigenvalue weighted by Crippen LogP contribution is 2.25. The fourth-order valence-corrected chi connectivity index (χ4v) is 3.82. The molecule has 0 spiro atoms. The molecule has 0 atom stereocenters. The lowest BCUT2D eigenvalue weighted by molar-refractivity contribution is -0.160. The van der Waals surface area contributed by atoms with Crippen molar-refractivity contribution in [2.75, 3.05) is 5.32 Å². The van der Waals surface area contributed by atoms with Crippen LogP contribution in [0.5, 0.6) is 5.75 Å². The van der Waals surface area contributed by atoms with E-state index in [1.165, 1.54) is 31.4 Å². The van der Waals surface area contributed by atoms with Crippen molar-refractivity contribution in [1.29, 1.82) is 0 Å². The van der Waals surface area contributed by atoms with Crippen LogP contribution in [0.1, 0.15) is 37.6 Å². The zero-order chi connectivity index (χ0) is 26.6. The van der Waals surface area contributed by atoms with Crippen molar-refractivity contribution in [3.63, 3.8) is 0 Å². The molecule has 2 aromatic carbocycles. The number of aromatic nitrogens is 1. The number of carbonyl (C=O) groups is 2. The van der Waals surface area contributed by atoms with Gasteiger partial charge in [0.15, 0.2) is 5.60 Å². The van der Waals surface area contributed by atoms with Crippen molar-refractivity contribution in [3.8, 4) is 5.75 Å². The maximum atomic E-state index is 13.9. The number of hydrogen-bond acceptors (Lipinski definition) is 5. The highest BCUT2D eigenvalue weighted by molar-refractivity contribution is 9.10. The van der Waals surface area contributed by atoms with Gasteiger partial charge in [0.1, 0.15) is 28.5 Å². The lowest BCUT2D eigenvalue weighted by Crippen LogP contribution is -2.41. The number of hydrogen-bond donors (Lipinski definition) is 1. The Hall–Kier alpha value is -3.53. The minimum Gasteiger partial charge on any atom is -0.487 e. The number of aryl methyl sites for hydroxylation is 1. The molecule has 10 heteroatoms. The molecule has 0 fully saturated rings. The first-order chi connectivity index (χ1) is 16.9. The molecule has 1 N–H and O–H groups in total. The molecular formula is C26H25BrF2N2O5. The lowest BCUT2D eigenvalue weighted by atomic mass is 10.1. The summed E-state index contributed by atoms with van der Waals surface area (Å²) in [6.45, 7) is 6.04. The third-order valence-electron chi connectivity index (χ3n) is 5.31. The molecule has 0 aliphatic carbocycles. The van der Waals surface area contributed by atoms with E-state index in [0.29, 0.717) is 11.4 Å². The summed E-state index contributed by atoms with van der Waals surface area (Å²) in [5.41, 5.74) is 0.405. The lowest BCUT2D eigenvalue weighted by Gasteiger charge is -2.23. The molecule has 0 saturated heterocycles. The standard InChI is InChI=1S/C26H25BrF2N2O5/c1-15-11-22(35-14-18-7-8-19(28)12-21(18)29)23(27)24(33)31(15)13-17-5-9-20(10-6-17)30-25(34)26(3,4)36-16(2)32/h5-12H,13-14H2,1-4H3,(H,30,34). The van der Waals surface area contributed by atoms with Gasteiger partial charge in [-0.05, 0) is 66.5 Å². The Bertz CT molecular complexity index is 1350. The summed E-state index contributed by atoms with van der Waals surface area (Å²) in [6.07, 6.45) is 0. The molecule has 3 rings (SSSR count). The van der Waals surface area contributed by atoms with Crippen molar-refractivity contribution in [1.82, 2.24) is 4.57 Å². The zero-order valence-electron chi connectivity index (χ0n) is 20.2. The van der Waals surface area contributed by atoms with Gasteiger partial charge in [0, 0.05) is 36.0 Å². The van der Waals surface area contributed by atoms with E-state index in [1.54, 1.807) is 37.3 Å². The van der Waals surface area contributed by atoms with Crippen molar-refractivity contribution in [2.45, 2.75) is 46.4 Å². The number of amides is 1. The van der Waals surface area contributed by atoms with Gasteiger partial charge in [0.2, 0.25) is 0 Å². The van der Waals surface area contributed by atoms with Crippen LogP contribution in [-0.4, -0.2) is 22.0 Å². The molecule has 0 radical (unpaired) electrons. The van der Waals surface area contributed by atoms with Gasteiger partial charge in [-0.15, -0.1) is 0 Å². The average Bonchev–Trinajstić information content (AvgIpc) is 2.79. The first-order valence-electron chi connectivity index (χ1n) is 10.9. The molecule has 0 aliphatic heterocycles. The molecule has 7 nitrogen and oxygen atoms in total. The molecule has 1 heterocycles. The Kier molecular flexibility index (Phi) is 8.29. The second kappa shape index (κ2) is 11.0. The summed E-state index contributed by atoms with van der Waals surface area (Å²) >= 11 is 3.26. The SMILES string of the molecule is CC(=O)OC(C)(C)C(=O)Nc1ccc(Cn2c(C)cc(OCc3ccc(F)cc3F)c(Br)c2=O)cc1. The molecule has 1 aromatic heterocycles. The van der Waals surface area contributed by atoms with Crippen molar-refractivity contribution in [2.24, 2.45) is 0 Å². The quantitative estimate of drug-likeness (QED) is 0.386. The van der Waals surface area contributed by atoms with E-state index in [2.05, 4.69) is 21.2 Å². The van der Waals surface area contributed by atoms with Gasteiger partial charge >= 0.3 is 5.97 Å². The monoisotopic (exact) mass is 562 g/mol. The van der Waals surface area contributed by atoms with Crippen LogP contribution in [0, 0.1) is 18.6 Å². The number of benzene rings is 2. The maximum absolute atomic E-state index is 13.9. The molecule has 1 amide bonds. The number of carbonyl (C=O) groups excluding carboxylic acids is 2. The minimum absolute atomic E-state index is 0.161. The van der Waals surface area contributed by atoms with Crippen LogP contribution in [-0.2, 0) is 27.5 Å². The van der Waals surface area contributed by atoms with E-state index in [9.17, 15) is 23.2 Å². The Morgan fingerprint density at radius 3 is 2.36 bits per heavy atom. The highest BCUT2D eigenvalue weighted by atomic mass is 79.9.